The molecule has 0 saturated carbocycles. The van der Waals surface area contributed by atoms with Crippen LogP contribution in [-0.4, -0.2) is 6.61 Å². The minimum absolute atomic E-state index is 0.0777. The van der Waals surface area contributed by atoms with E-state index in [9.17, 15) is 4.79 Å². The molecule has 1 aromatic heterocycles. The Balaban J connectivity index is 2.16. The van der Waals surface area contributed by atoms with Crippen LogP contribution in [0, 0.1) is 0 Å². The number of ether oxygens (including phenoxy) is 1. The third-order valence-electron chi connectivity index (χ3n) is 3.21. The first-order valence-electron chi connectivity index (χ1n) is 6.74. The van der Waals surface area contributed by atoms with Crippen LogP contribution in [0.2, 0.25) is 0 Å². The average molecular weight is 281 g/mol. The van der Waals surface area contributed by atoms with Crippen molar-refractivity contribution in [2.45, 2.75) is 6.92 Å². The summed E-state index contributed by atoms with van der Waals surface area (Å²) in [6, 6.07) is 13.9. The van der Waals surface area contributed by atoms with Crippen molar-refractivity contribution >= 4 is 16.7 Å². The number of nitrogens with two attached hydrogens (primary N) is 1. The molecule has 2 N–H and O–H groups in total. The molecule has 3 aromatic rings. The van der Waals surface area contributed by atoms with Gasteiger partial charge in [0.25, 0.3) is 0 Å². The third-order valence-corrected chi connectivity index (χ3v) is 3.21. The van der Waals surface area contributed by atoms with Crippen molar-refractivity contribution in [2.75, 3.05) is 12.3 Å². The first-order valence-corrected chi connectivity index (χ1v) is 6.74. The molecule has 0 unspecified atom stereocenters. The van der Waals surface area contributed by atoms with Gasteiger partial charge in [0.15, 0.2) is 5.43 Å². The van der Waals surface area contributed by atoms with E-state index in [1.807, 2.05) is 19.1 Å². The monoisotopic (exact) mass is 281 g/mol. The third kappa shape index (κ3) is 2.60. The van der Waals surface area contributed by atoms with Crippen molar-refractivity contribution in [1.29, 1.82) is 0 Å². The molecule has 0 aliphatic heterocycles. The van der Waals surface area contributed by atoms with E-state index < -0.39 is 0 Å². The molecule has 0 fully saturated rings. The van der Waals surface area contributed by atoms with Gasteiger partial charge in [-0.15, -0.1) is 0 Å². The fourth-order valence-electron chi connectivity index (χ4n) is 2.18. The van der Waals surface area contributed by atoms with Crippen molar-refractivity contribution in [3.63, 3.8) is 0 Å². The molecule has 1 heterocycles. The maximum Gasteiger partial charge on any atom is 0.193 e. The summed E-state index contributed by atoms with van der Waals surface area (Å²) in [7, 11) is 0. The van der Waals surface area contributed by atoms with Crippen LogP contribution < -0.4 is 15.9 Å². The van der Waals surface area contributed by atoms with E-state index in [0.29, 0.717) is 34.8 Å². The van der Waals surface area contributed by atoms with Crippen LogP contribution >= 0.6 is 0 Å². The number of anilines is 1. The number of hydrogen-bond donors (Lipinski definition) is 1. The Morgan fingerprint density at radius 1 is 1.10 bits per heavy atom. The highest BCUT2D eigenvalue weighted by molar-refractivity contribution is 5.80. The van der Waals surface area contributed by atoms with Gasteiger partial charge in [-0.05, 0) is 43.3 Å². The van der Waals surface area contributed by atoms with Gasteiger partial charge in [-0.3, -0.25) is 4.79 Å². The van der Waals surface area contributed by atoms with E-state index in [1.165, 1.54) is 6.07 Å². The largest absolute Gasteiger partial charge is 0.494 e. The second kappa shape index (κ2) is 5.32. The van der Waals surface area contributed by atoms with Gasteiger partial charge in [0.1, 0.15) is 17.1 Å². The minimum atomic E-state index is -0.0777. The van der Waals surface area contributed by atoms with Gasteiger partial charge in [0.2, 0.25) is 0 Å². The molecule has 0 aliphatic carbocycles. The van der Waals surface area contributed by atoms with Gasteiger partial charge in [0, 0.05) is 23.4 Å². The van der Waals surface area contributed by atoms with Gasteiger partial charge in [-0.1, -0.05) is 0 Å². The zero-order chi connectivity index (χ0) is 14.8. The van der Waals surface area contributed by atoms with E-state index in [0.717, 1.165) is 5.56 Å². The molecule has 21 heavy (non-hydrogen) atoms. The molecule has 0 aliphatic rings. The lowest BCUT2D eigenvalue weighted by Crippen LogP contribution is -2.01. The average Bonchev–Trinajstić information content (AvgIpc) is 2.48. The summed E-state index contributed by atoms with van der Waals surface area (Å²) in [5.41, 5.74) is 7.58. The quantitative estimate of drug-likeness (QED) is 0.747. The molecule has 0 atom stereocenters. The zero-order valence-electron chi connectivity index (χ0n) is 11.6. The molecule has 3 rings (SSSR count). The van der Waals surface area contributed by atoms with Crippen LogP contribution in [0.25, 0.3) is 22.3 Å². The Kier molecular flexibility index (Phi) is 3.36. The van der Waals surface area contributed by atoms with Gasteiger partial charge < -0.3 is 14.9 Å². The predicted molar refractivity (Wildman–Crippen MR) is 83.5 cm³/mol. The van der Waals surface area contributed by atoms with Crippen molar-refractivity contribution in [1.82, 2.24) is 0 Å². The van der Waals surface area contributed by atoms with E-state index in [4.69, 9.17) is 14.9 Å². The highest BCUT2D eigenvalue weighted by atomic mass is 16.5. The second-order valence-corrected chi connectivity index (χ2v) is 4.69. The van der Waals surface area contributed by atoms with Crippen molar-refractivity contribution in [3.05, 3.63) is 58.8 Å². The van der Waals surface area contributed by atoms with Crippen molar-refractivity contribution < 1.29 is 9.15 Å². The zero-order valence-corrected chi connectivity index (χ0v) is 11.6. The molecule has 0 spiro atoms. The molecular formula is C17H15NO3. The standard InChI is InChI=1S/C17H15NO3/c1-2-20-13-7-8-14-15(19)10-16(21-17(14)9-13)11-3-5-12(18)6-4-11/h3-10H,2,18H2,1H3. The summed E-state index contributed by atoms with van der Waals surface area (Å²) in [5.74, 6) is 1.20. The molecule has 0 amide bonds. The van der Waals surface area contributed by atoms with Gasteiger partial charge in [0.05, 0.1) is 12.0 Å². The molecule has 0 bridgehead atoms. The summed E-state index contributed by atoms with van der Waals surface area (Å²) in [6.45, 7) is 2.47. The molecule has 106 valence electrons. The Hall–Kier alpha value is -2.75. The summed E-state index contributed by atoms with van der Waals surface area (Å²) >= 11 is 0. The van der Waals surface area contributed by atoms with E-state index in [-0.39, 0.29) is 5.43 Å². The SMILES string of the molecule is CCOc1ccc2c(=O)cc(-c3ccc(N)cc3)oc2c1. The first-order chi connectivity index (χ1) is 10.2. The second-order valence-electron chi connectivity index (χ2n) is 4.69. The van der Waals surface area contributed by atoms with Gasteiger partial charge in [-0.2, -0.15) is 0 Å². The number of fused-ring (bicyclic) bond motifs is 1. The van der Waals surface area contributed by atoms with E-state index >= 15 is 0 Å². The molecule has 4 heteroatoms. The Labute approximate surface area is 121 Å². The summed E-state index contributed by atoms with van der Waals surface area (Å²) < 4.78 is 11.3. The minimum Gasteiger partial charge on any atom is -0.494 e. The predicted octanol–water partition coefficient (Wildman–Crippen LogP) is 3.44. The lowest BCUT2D eigenvalue weighted by atomic mass is 10.1. The Morgan fingerprint density at radius 2 is 1.86 bits per heavy atom. The first kappa shape index (κ1) is 13.2. The fourth-order valence-corrected chi connectivity index (χ4v) is 2.18. The maximum absolute atomic E-state index is 12.2. The maximum atomic E-state index is 12.2. The van der Waals surface area contributed by atoms with Crippen LogP contribution in [0.15, 0.2) is 57.7 Å². The lowest BCUT2D eigenvalue weighted by Gasteiger charge is -2.06. The normalized spacial score (nSPS) is 10.7. The van der Waals surface area contributed by atoms with E-state index in [2.05, 4.69) is 0 Å². The van der Waals surface area contributed by atoms with Crippen molar-refractivity contribution in [2.24, 2.45) is 0 Å². The van der Waals surface area contributed by atoms with E-state index in [1.54, 1.807) is 30.3 Å². The van der Waals surface area contributed by atoms with Crippen molar-refractivity contribution in [3.8, 4) is 17.1 Å². The highest BCUT2D eigenvalue weighted by Crippen LogP contribution is 2.25. The highest BCUT2D eigenvalue weighted by Gasteiger charge is 2.08. The van der Waals surface area contributed by atoms with Crippen LogP contribution in [0.3, 0.4) is 0 Å². The molecule has 4 nitrogen and oxygen atoms in total. The summed E-state index contributed by atoms with van der Waals surface area (Å²) in [4.78, 5) is 12.2. The summed E-state index contributed by atoms with van der Waals surface area (Å²) in [6.07, 6.45) is 0. The van der Waals surface area contributed by atoms with Crippen LogP contribution in [0.1, 0.15) is 6.92 Å². The molecule has 0 saturated heterocycles. The summed E-state index contributed by atoms with van der Waals surface area (Å²) in [5, 5.41) is 0.539. The number of hydrogen-bond acceptors (Lipinski definition) is 4. The molecule has 0 radical (unpaired) electrons. The van der Waals surface area contributed by atoms with Gasteiger partial charge in [-0.25, -0.2) is 0 Å². The molecular weight excluding hydrogens is 266 g/mol. The van der Waals surface area contributed by atoms with Crippen LogP contribution in [0.5, 0.6) is 5.75 Å². The number of nitrogen functional groups attached to an aromatic ring is 1. The topological polar surface area (TPSA) is 65.5 Å². The van der Waals surface area contributed by atoms with Gasteiger partial charge >= 0.3 is 0 Å². The smallest absolute Gasteiger partial charge is 0.193 e. The molecule has 2 aromatic carbocycles. The number of benzene rings is 2. The van der Waals surface area contributed by atoms with Crippen LogP contribution in [0.4, 0.5) is 5.69 Å². The lowest BCUT2D eigenvalue weighted by molar-refractivity contribution is 0.340. The fraction of sp³-hybridized carbons (Fsp3) is 0.118. The Morgan fingerprint density at radius 3 is 2.57 bits per heavy atom. The van der Waals surface area contributed by atoms with Crippen LogP contribution in [-0.2, 0) is 0 Å². The Bertz CT molecular complexity index is 835. The number of rotatable bonds is 3.